The SMILES string of the molecule is CONC(=COc1ccc(COc2ccc(CCC(=O)O)cc2)cn1)c1ccccc1. The number of hydrogen-bond donors (Lipinski definition) is 2. The van der Waals surface area contributed by atoms with Crippen LogP contribution in [0.2, 0.25) is 0 Å². The summed E-state index contributed by atoms with van der Waals surface area (Å²) in [5, 5.41) is 8.74. The Morgan fingerprint density at radius 1 is 1.03 bits per heavy atom. The summed E-state index contributed by atoms with van der Waals surface area (Å²) in [6.07, 6.45) is 3.85. The Kier molecular flexibility index (Phi) is 8.02. The number of hydrogen-bond acceptors (Lipinski definition) is 6. The van der Waals surface area contributed by atoms with Gasteiger partial charge in [-0.25, -0.2) is 4.98 Å². The van der Waals surface area contributed by atoms with Crippen molar-refractivity contribution < 1.29 is 24.2 Å². The van der Waals surface area contributed by atoms with Crippen LogP contribution in [-0.2, 0) is 22.7 Å². The van der Waals surface area contributed by atoms with Crippen LogP contribution in [0.3, 0.4) is 0 Å². The number of benzene rings is 2. The van der Waals surface area contributed by atoms with E-state index in [0.717, 1.165) is 16.7 Å². The number of pyridine rings is 1. The van der Waals surface area contributed by atoms with Gasteiger partial charge in [0.1, 0.15) is 24.3 Å². The molecule has 0 spiro atoms. The van der Waals surface area contributed by atoms with Gasteiger partial charge in [0, 0.05) is 29.8 Å². The fourth-order valence-corrected chi connectivity index (χ4v) is 2.73. The van der Waals surface area contributed by atoms with E-state index in [1.807, 2.05) is 60.7 Å². The molecule has 31 heavy (non-hydrogen) atoms. The van der Waals surface area contributed by atoms with Crippen molar-refractivity contribution in [3.63, 3.8) is 0 Å². The molecule has 0 unspecified atom stereocenters. The van der Waals surface area contributed by atoms with Gasteiger partial charge in [0.25, 0.3) is 0 Å². The number of nitrogens with one attached hydrogen (secondary N) is 1. The number of ether oxygens (including phenoxy) is 2. The van der Waals surface area contributed by atoms with Gasteiger partial charge in [-0.15, -0.1) is 0 Å². The first-order valence-corrected chi connectivity index (χ1v) is 9.74. The number of aliphatic carboxylic acids is 1. The molecule has 0 saturated carbocycles. The summed E-state index contributed by atoms with van der Waals surface area (Å²) in [7, 11) is 1.54. The zero-order valence-corrected chi connectivity index (χ0v) is 17.2. The third kappa shape index (κ3) is 7.17. The molecule has 160 valence electrons. The lowest BCUT2D eigenvalue weighted by atomic mass is 10.1. The maximum absolute atomic E-state index is 10.6. The zero-order chi connectivity index (χ0) is 21.9. The minimum Gasteiger partial charge on any atom is -0.489 e. The first kappa shape index (κ1) is 21.9. The monoisotopic (exact) mass is 420 g/mol. The molecule has 0 aliphatic heterocycles. The number of carboxylic acids is 1. The minimum atomic E-state index is -0.804. The van der Waals surface area contributed by atoms with Crippen molar-refractivity contribution in [1.29, 1.82) is 0 Å². The van der Waals surface area contributed by atoms with Crippen molar-refractivity contribution in [1.82, 2.24) is 10.5 Å². The Hall–Kier alpha value is -3.84. The molecular weight excluding hydrogens is 396 g/mol. The van der Waals surface area contributed by atoms with E-state index in [1.165, 1.54) is 7.11 Å². The van der Waals surface area contributed by atoms with Crippen molar-refractivity contribution in [2.75, 3.05) is 7.11 Å². The highest BCUT2D eigenvalue weighted by molar-refractivity contribution is 5.67. The van der Waals surface area contributed by atoms with E-state index in [1.54, 1.807) is 18.5 Å². The quantitative estimate of drug-likeness (QED) is 0.355. The van der Waals surface area contributed by atoms with Gasteiger partial charge in [-0.05, 0) is 30.2 Å². The molecule has 0 bridgehead atoms. The van der Waals surface area contributed by atoms with Crippen LogP contribution >= 0.6 is 0 Å². The van der Waals surface area contributed by atoms with Crippen LogP contribution in [0, 0.1) is 0 Å². The number of hydroxylamine groups is 1. The summed E-state index contributed by atoms with van der Waals surface area (Å²) >= 11 is 0. The summed E-state index contributed by atoms with van der Waals surface area (Å²) in [6, 6.07) is 20.7. The second-order valence-electron chi connectivity index (χ2n) is 6.65. The van der Waals surface area contributed by atoms with Crippen LogP contribution in [0.1, 0.15) is 23.1 Å². The molecule has 1 aromatic heterocycles. The third-order valence-electron chi connectivity index (χ3n) is 4.35. The van der Waals surface area contributed by atoms with E-state index in [2.05, 4.69) is 10.5 Å². The molecule has 0 fully saturated rings. The van der Waals surface area contributed by atoms with Crippen molar-refractivity contribution in [3.05, 3.63) is 95.9 Å². The average Bonchev–Trinajstić information content (AvgIpc) is 2.81. The van der Waals surface area contributed by atoms with Crippen LogP contribution < -0.4 is 15.0 Å². The van der Waals surface area contributed by atoms with Gasteiger partial charge in [-0.2, -0.15) is 0 Å². The van der Waals surface area contributed by atoms with Crippen LogP contribution in [0.15, 0.2) is 79.2 Å². The standard InChI is InChI=1S/C24H24N2O5/c1-29-26-22(20-5-3-2-4-6-20)17-31-23-13-9-19(15-25-23)16-30-21-11-7-18(8-12-21)10-14-24(27)28/h2-9,11-13,15,17,26H,10,14,16H2,1H3,(H,27,28). The fraction of sp³-hybridized carbons (Fsp3) is 0.167. The Labute approximate surface area is 180 Å². The summed E-state index contributed by atoms with van der Waals surface area (Å²) in [5.74, 6) is 0.348. The second-order valence-corrected chi connectivity index (χ2v) is 6.65. The molecule has 0 amide bonds. The van der Waals surface area contributed by atoms with Crippen molar-refractivity contribution in [3.8, 4) is 11.6 Å². The zero-order valence-electron chi connectivity index (χ0n) is 17.2. The van der Waals surface area contributed by atoms with Gasteiger partial charge in [0.05, 0.1) is 7.11 Å². The first-order chi connectivity index (χ1) is 15.1. The summed E-state index contributed by atoms with van der Waals surface area (Å²) in [5.41, 5.74) is 6.24. The van der Waals surface area contributed by atoms with Gasteiger partial charge >= 0.3 is 5.97 Å². The van der Waals surface area contributed by atoms with Gasteiger partial charge in [0.2, 0.25) is 5.88 Å². The molecule has 2 N–H and O–H groups in total. The predicted octanol–water partition coefficient (Wildman–Crippen LogP) is 4.21. The molecule has 3 rings (SSSR count). The number of nitrogens with zero attached hydrogens (tertiary/aromatic N) is 1. The number of aryl methyl sites for hydroxylation is 1. The first-order valence-electron chi connectivity index (χ1n) is 9.74. The maximum atomic E-state index is 10.6. The van der Waals surface area contributed by atoms with Crippen molar-refractivity contribution in [2.45, 2.75) is 19.4 Å². The molecule has 0 aliphatic carbocycles. The van der Waals surface area contributed by atoms with Crippen LogP contribution in [0.25, 0.3) is 5.70 Å². The van der Waals surface area contributed by atoms with E-state index in [0.29, 0.717) is 30.4 Å². The fourth-order valence-electron chi connectivity index (χ4n) is 2.73. The molecule has 7 heteroatoms. The Morgan fingerprint density at radius 2 is 1.77 bits per heavy atom. The molecule has 0 radical (unpaired) electrons. The number of aromatic nitrogens is 1. The lowest BCUT2D eigenvalue weighted by Gasteiger charge is -2.10. The van der Waals surface area contributed by atoms with Crippen LogP contribution in [0.5, 0.6) is 11.6 Å². The highest BCUT2D eigenvalue weighted by Crippen LogP contribution is 2.17. The molecule has 0 aliphatic rings. The lowest BCUT2D eigenvalue weighted by Crippen LogP contribution is -2.11. The molecule has 1 heterocycles. The van der Waals surface area contributed by atoms with E-state index in [4.69, 9.17) is 19.4 Å². The maximum Gasteiger partial charge on any atom is 0.303 e. The molecular formula is C24H24N2O5. The van der Waals surface area contributed by atoms with E-state index < -0.39 is 5.97 Å². The number of carbonyl (C=O) groups is 1. The molecule has 0 saturated heterocycles. The molecule has 3 aromatic rings. The summed E-state index contributed by atoms with van der Waals surface area (Å²) in [6.45, 7) is 0.359. The normalized spacial score (nSPS) is 11.1. The molecule has 7 nitrogen and oxygen atoms in total. The van der Waals surface area contributed by atoms with Crippen molar-refractivity contribution >= 4 is 11.7 Å². The summed E-state index contributed by atoms with van der Waals surface area (Å²) < 4.78 is 11.4. The summed E-state index contributed by atoms with van der Waals surface area (Å²) in [4.78, 5) is 20.0. The molecule has 0 atom stereocenters. The Morgan fingerprint density at radius 3 is 2.42 bits per heavy atom. The Bertz CT molecular complexity index is 987. The third-order valence-corrected chi connectivity index (χ3v) is 4.35. The van der Waals surface area contributed by atoms with Crippen LogP contribution in [0.4, 0.5) is 0 Å². The average molecular weight is 420 g/mol. The van der Waals surface area contributed by atoms with Gasteiger partial charge in [-0.1, -0.05) is 42.5 Å². The Balaban J connectivity index is 1.53. The predicted molar refractivity (Wildman–Crippen MR) is 116 cm³/mol. The van der Waals surface area contributed by atoms with E-state index >= 15 is 0 Å². The smallest absolute Gasteiger partial charge is 0.303 e. The second kappa shape index (κ2) is 11.4. The largest absolute Gasteiger partial charge is 0.489 e. The highest BCUT2D eigenvalue weighted by atomic mass is 16.6. The number of rotatable bonds is 11. The van der Waals surface area contributed by atoms with Gasteiger partial charge in [0.15, 0.2) is 0 Å². The number of carboxylic acid groups (broad SMARTS) is 1. The molecule has 2 aromatic carbocycles. The topological polar surface area (TPSA) is 89.9 Å². The van der Waals surface area contributed by atoms with Gasteiger partial charge in [-0.3, -0.25) is 15.1 Å². The highest BCUT2D eigenvalue weighted by Gasteiger charge is 2.04. The van der Waals surface area contributed by atoms with Crippen molar-refractivity contribution in [2.24, 2.45) is 0 Å². The van der Waals surface area contributed by atoms with E-state index in [9.17, 15) is 4.79 Å². The van der Waals surface area contributed by atoms with Gasteiger partial charge < -0.3 is 14.6 Å². The van der Waals surface area contributed by atoms with E-state index in [-0.39, 0.29) is 6.42 Å². The van der Waals surface area contributed by atoms with Crippen LogP contribution in [-0.4, -0.2) is 23.2 Å². The lowest BCUT2D eigenvalue weighted by molar-refractivity contribution is -0.136. The minimum absolute atomic E-state index is 0.115.